The van der Waals surface area contributed by atoms with Crippen molar-refractivity contribution < 1.29 is 0 Å². The Morgan fingerprint density at radius 2 is 1.00 bits per heavy atom. The first-order valence-corrected chi connectivity index (χ1v) is 8.91. The Morgan fingerprint density at radius 1 is 0.480 bits per heavy atom. The summed E-state index contributed by atoms with van der Waals surface area (Å²) in [6, 6.07) is 32.8. The predicted molar refractivity (Wildman–Crippen MR) is 109 cm³/mol. The molecule has 0 saturated carbocycles. The van der Waals surface area contributed by atoms with E-state index in [9.17, 15) is 0 Å². The number of benzene rings is 4. The lowest BCUT2D eigenvalue weighted by Gasteiger charge is -2.12. The second kappa shape index (κ2) is 6.57. The number of rotatable bonds is 3. The third kappa shape index (κ3) is 2.96. The van der Waals surface area contributed by atoms with Crippen molar-refractivity contribution in [3.63, 3.8) is 0 Å². The number of hydrogen-bond donors (Lipinski definition) is 0. The van der Waals surface area contributed by atoms with Gasteiger partial charge in [-0.25, -0.2) is 0 Å². The molecule has 0 unspecified atom stereocenters. The molecule has 0 spiro atoms. The summed E-state index contributed by atoms with van der Waals surface area (Å²) in [5.74, 6) is 0.561. The minimum atomic E-state index is 0.561. The summed E-state index contributed by atoms with van der Waals surface area (Å²) >= 11 is 0. The molecule has 0 bridgehead atoms. The fourth-order valence-corrected chi connectivity index (χ4v) is 3.48. The average Bonchev–Trinajstić information content (AvgIpc) is 2.68. The molecule has 4 rings (SSSR count). The van der Waals surface area contributed by atoms with Crippen molar-refractivity contribution in [1.29, 1.82) is 0 Å². The Labute approximate surface area is 149 Å². The highest BCUT2D eigenvalue weighted by molar-refractivity contribution is 6.04. The maximum atomic E-state index is 2.25. The van der Waals surface area contributed by atoms with Gasteiger partial charge in [0.1, 0.15) is 0 Å². The minimum Gasteiger partial charge on any atom is -0.0622 e. The first kappa shape index (κ1) is 15.7. The quantitative estimate of drug-likeness (QED) is 0.371. The molecule has 0 N–H and O–H groups in total. The van der Waals surface area contributed by atoms with Crippen LogP contribution in [-0.4, -0.2) is 0 Å². The molecule has 25 heavy (non-hydrogen) atoms. The van der Waals surface area contributed by atoms with Gasteiger partial charge in [-0.05, 0) is 44.5 Å². The molecule has 0 amide bonds. The highest BCUT2D eigenvalue weighted by Crippen LogP contribution is 2.35. The highest BCUT2D eigenvalue weighted by Gasteiger charge is 2.08. The van der Waals surface area contributed by atoms with E-state index in [1.165, 1.54) is 38.6 Å². The predicted octanol–water partition coefficient (Wildman–Crippen LogP) is 7.30. The maximum absolute atomic E-state index is 2.25. The van der Waals surface area contributed by atoms with E-state index >= 15 is 0 Å². The van der Waals surface area contributed by atoms with E-state index in [2.05, 4.69) is 105 Å². The largest absolute Gasteiger partial charge is 0.0622 e. The lowest BCUT2D eigenvalue weighted by atomic mass is 9.92. The van der Waals surface area contributed by atoms with Crippen molar-refractivity contribution in [1.82, 2.24) is 0 Å². The van der Waals surface area contributed by atoms with Crippen LogP contribution in [0.2, 0.25) is 0 Å². The van der Waals surface area contributed by atoms with Crippen LogP contribution in [0, 0.1) is 0 Å². The van der Waals surface area contributed by atoms with Crippen LogP contribution in [0.25, 0.3) is 33.0 Å². The maximum Gasteiger partial charge on any atom is -0.00992 e. The van der Waals surface area contributed by atoms with E-state index in [4.69, 9.17) is 0 Å². The van der Waals surface area contributed by atoms with Crippen LogP contribution in [0.4, 0.5) is 0 Å². The van der Waals surface area contributed by atoms with Gasteiger partial charge in [-0.15, -0.1) is 0 Å². The van der Waals surface area contributed by atoms with Gasteiger partial charge in [-0.2, -0.15) is 0 Å². The van der Waals surface area contributed by atoms with Crippen LogP contribution >= 0.6 is 0 Å². The Morgan fingerprint density at radius 3 is 1.52 bits per heavy atom. The van der Waals surface area contributed by atoms with E-state index in [1.54, 1.807) is 0 Å². The zero-order valence-corrected chi connectivity index (χ0v) is 14.7. The van der Waals surface area contributed by atoms with Gasteiger partial charge in [-0.3, -0.25) is 0 Å². The molecule has 0 aliphatic rings. The Hall–Kier alpha value is -2.86. The zero-order chi connectivity index (χ0) is 17.2. The van der Waals surface area contributed by atoms with Crippen molar-refractivity contribution in [2.45, 2.75) is 19.8 Å². The third-order valence-corrected chi connectivity index (χ3v) is 4.90. The van der Waals surface area contributed by atoms with E-state index in [0.29, 0.717) is 5.92 Å². The molecule has 0 saturated heterocycles. The first-order chi connectivity index (χ1) is 12.2. The van der Waals surface area contributed by atoms with Crippen LogP contribution in [0.3, 0.4) is 0 Å². The van der Waals surface area contributed by atoms with Crippen LogP contribution in [-0.2, 0) is 0 Å². The molecule has 122 valence electrons. The van der Waals surface area contributed by atoms with Crippen molar-refractivity contribution in [2.24, 2.45) is 0 Å². The third-order valence-electron chi connectivity index (χ3n) is 4.90. The van der Waals surface area contributed by atoms with Crippen LogP contribution in [0.1, 0.15) is 25.3 Å². The van der Waals surface area contributed by atoms with E-state index in [0.717, 1.165) is 0 Å². The number of hydrogen-bond acceptors (Lipinski definition) is 0. The fourth-order valence-electron chi connectivity index (χ4n) is 3.48. The van der Waals surface area contributed by atoms with E-state index in [1.807, 2.05) is 0 Å². The van der Waals surface area contributed by atoms with Gasteiger partial charge < -0.3 is 0 Å². The van der Waals surface area contributed by atoms with Gasteiger partial charge in [0.2, 0.25) is 0 Å². The lowest BCUT2D eigenvalue weighted by Crippen LogP contribution is -1.88. The molecule has 4 aromatic carbocycles. The summed E-state index contributed by atoms with van der Waals surface area (Å²) in [7, 11) is 0. The molecule has 4 aromatic rings. The fraction of sp³-hybridized carbons (Fsp3) is 0.120. The van der Waals surface area contributed by atoms with Gasteiger partial charge in [0.15, 0.2) is 0 Å². The topological polar surface area (TPSA) is 0 Å². The summed E-state index contributed by atoms with van der Waals surface area (Å²) in [4.78, 5) is 0. The van der Waals surface area contributed by atoms with Gasteiger partial charge in [0.05, 0.1) is 0 Å². The first-order valence-electron chi connectivity index (χ1n) is 8.91. The van der Waals surface area contributed by atoms with Crippen LogP contribution < -0.4 is 0 Å². The van der Waals surface area contributed by atoms with Crippen LogP contribution in [0.15, 0.2) is 91.0 Å². The summed E-state index contributed by atoms with van der Waals surface area (Å²) in [5.41, 5.74) is 6.51. The SMILES string of the molecule is CC(C)c1ccc(-c2cccc3c(-c4ccccc4)cccc23)cc1. The molecule has 0 aliphatic heterocycles. The van der Waals surface area contributed by atoms with Crippen molar-refractivity contribution >= 4 is 10.8 Å². The summed E-state index contributed by atoms with van der Waals surface area (Å²) < 4.78 is 0. The minimum absolute atomic E-state index is 0.561. The molecule has 0 radical (unpaired) electrons. The van der Waals surface area contributed by atoms with Crippen molar-refractivity contribution in [3.8, 4) is 22.3 Å². The summed E-state index contributed by atoms with van der Waals surface area (Å²) in [6.45, 7) is 4.47. The molecule has 0 aromatic heterocycles. The average molecular weight is 322 g/mol. The van der Waals surface area contributed by atoms with E-state index < -0.39 is 0 Å². The zero-order valence-electron chi connectivity index (χ0n) is 14.7. The van der Waals surface area contributed by atoms with Crippen molar-refractivity contribution in [3.05, 3.63) is 96.6 Å². The molecular weight excluding hydrogens is 300 g/mol. The Bertz CT molecular complexity index is 993. The lowest BCUT2D eigenvalue weighted by molar-refractivity contribution is 0.867. The van der Waals surface area contributed by atoms with E-state index in [-0.39, 0.29) is 0 Å². The molecule has 0 fully saturated rings. The van der Waals surface area contributed by atoms with Crippen molar-refractivity contribution in [2.75, 3.05) is 0 Å². The second-order valence-electron chi connectivity index (χ2n) is 6.85. The molecule has 0 heteroatoms. The van der Waals surface area contributed by atoms with Gasteiger partial charge in [0, 0.05) is 0 Å². The molecule has 0 heterocycles. The molecule has 0 atom stereocenters. The van der Waals surface area contributed by atoms with Gasteiger partial charge in [0.25, 0.3) is 0 Å². The van der Waals surface area contributed by atoms with Crippen LogP contribution in [0.5, 0.6) is 0 Å². The molecule has 0 nitrogen and oxygen atoms in total. The van der Waals surface area contributed by atoms with Gasteiger partial charge in [-0.1, -0.05) is 105 Å². The standard InChI is InChI=1S/C25H22/c1-18(2)19-14-16-21(17-15-19)23-11-7-12-24-22(10-6-13-25(23)24)20-8-4-3-5-9-20/h3-18H,1-2H3. The summed E-state index contributed by atoms with van der Waals surface area (Å²) in [5, 5.41) is 2.61. The summed E-state index contributed by atoms with van der Waals surface area (Å²) in [6.07, 6.45) is 0. The number of fused-ring (bicyclic) bond motifs is 1. The Balaban J connectivity index is 1.89. The molecular formula is C25H22. The second-order valence-corrected chi connectivity index (χ2v) is 6.85. The monoisotopic (exact) mass is 322 g/mol. The highest BCUT2D eigenvalue weighted by atomic mass is 14.1. The van der Waals surface area contributed by atoms with Gasteiger partial charge >= 0.3 is 0 Å². The Kier molecular flexibility index (Phi) is 4.11. The smallest absolute Gasteiger partial charge is 0.00992 e. The molecule has 0 aliphatic carbocycles. The normalized spacial score (nSPS) is 11.2.